The van der Waals surface area contributed by atoms with Gasteiger partial charge >= 0.3 is 0 Å². The summed E-state index contributed by atoms with van der Waals surface area (Å²) in [6, 6.07) is 1.71. The number of halogens is 2. The van der Waals surface area contributed by atoms with Gasteiger partial charge in [-0.15, -0.1) is 0 Å². The first-order valence-electron chi connectivity index (χ1n) is 2.59. The molecule has 0 atom stereocenters. The summed E-state index contributed by atoms with van der Waals surface area (Å²) in [5.74, 6) is 0.628. The molecule has 1 rings (SSSR count). The SMILES string of the molecule is COc1cc(Br)ncc1Cl. The van der Waals surface area contributed by atoms with E-state index in [0.717, 1.165) is 0 Å². The van der Waals surface area contributed by atoms with Crippen LogP contribution in [-0.2, 0) is 0 Å². The van der Waals surface area contributed by atoms with Crippen molar-refractivity contribution in [1.82, 2.24) is 4.98 Å². The van der Waals surface area contributed by atoms with Crippen molar-refractivity contribution in [3.05, 3.63) is 21.9 Å². The highest BCUT2D eigenvalue weighted by molar-refractivity contribution is 9.10. The molecule has 0 bridgehead atoms. The Morgan fingerprint density at radius 3 is 2.90 bits per heavy atom. The van der Waals surface area contributed by atoms with Gasteiger partial charge in [0.1, 0.15) is 15.4 Å². The van der Waals surface area contributed by atoms with Crippen LogP contribution in [0.2, 0.25) is 5.02 Å². The van der Waals surface area contributed by atoms with Gasteiger partial charge in [0, 0.05) is 6.07 Å². The van der Waals surface area contributed by atoms with E-state index in [1.54, 1.807) is 13.2 Å². The zero-order valence-electron chi connectivity index (χ0n) is 5.27. The van der Waals surface area contributed by atoms with E-state index < -0.39 is 0 Å². The van der Waals surface area contributed by atoms with E-state index in [1.807, 2.05) is 0 Å². The van der Waals surface area contributed by atoms with Crippen molar-refractivity contribution in [2.75, 3.05) is 7.11 Å². The van der Waals surface area contributed by atoms with Gasteiger partial charge in [-0.1, -0.05) is 11.6 Å². The van der Waals surface area contributed by atoms with Gasteiger partial charge in [0.15, 0.2) is 0 Å². The molecule has 1 aromatic rings. The fraction of sp³-hybridized carbons (Fsp3) is 0.167. The first kappa shape index (κ1) is 7.82. The molecule has 0 spiro atoms. The Bertz CT molecular complexity index is 241. The molecule has 0 aliphatic carbocycles. The summed E-state index contributed by atoms with van der Waals surface area (Å²) >= 11 is 8.88. The van der Waals surface area contributed by atoms with E-state index in [-0.39, 0.29) is 0 Å². The van der Waals surface area contributed by atoms with Gasteiger partial charge in [0.25, 0.3) is 0 Å². The first-order valence-corrected chi connectivity index (χ1v) is 3.76. The van der Waals surface area contributed by atoms with E-state index in [1.165, 1.54) is 6.20 Å². The lowest BCUT2D eigenvalue weighted by Gasteiger charge is -2.00. The topological polar surface area (TPSA) is 22.1 Å². The zero-order chi connectivity index (χ0) is 7.56. The minimum atomic E-state index is 0.519. The Labute approximate surface area is 72.3 Å². The fourth-order valence-corrected chi connectivity index (χ4v) is 1.04. The molecule has 0 amide bonds. The van der Waals surface area contributed by atoms with Crippen LogP contribution in [0.15, 0.2) is 16.9 Å². The third kappa shape index (κ3) is 1.61. The van der Waals surface area contributed by atoms with Gasteiger partial charge < -0.3 is 4.74 Å². The number of hydrogen-bond donors (Lipinski definition) is 0. The van der Waals surface area contributed by atoms with Crippen LogP contribution in [0.4, 0.5) is 0 Å². The van der Waals surface area contributed by atoms with Crippen molar-refractivity contribution in [2.45, 2.75) is 0 Å². The lowest BCUT2D eigenvalue weighted by molar-refractivity contribution is 0.414. The average Bonchev–Trinajstić information content (AvgIpc) is 1.94. The van der Waals surface area contributed by atoms with Crippen LogP contribution in [0.1, 0.15) is 0 Å². The third-order valence-electron chi connectivity index (χ3n) is 1.01. The largest absolute Gasteiger partial charge is 0.495 e. The Hall–Kier alpha value is -0.280. The monoisotopic (exact) mass is 221 g/mol. The van der Waals surface area contributed by atoms with Gasteiger partial charge in [-0.05, 0) is 15.9 Å². The number of nitrogens with zero attached hydrogens (tertiary/aromatic N) is 1. The molecule has 54 valence electrons. The van der Waals surface area contributed by atoms with E-state index in [9.17, 15) is 0 Å². The second-order valence-electron chi connectivity index (χ2n) is 1.64. The molecule has 0 unspecified atom stereocenters. The number of aromatic nitrogens is 1. The van der Waals surface area contributed by atoms with E-state index in [2.05, 4.69) is 20.9 Å². The molecule has 0 saturated heterocycles. The summed E-state index contributed by atoms with van der Waals surface area (Å²) in [7, 11) is 1.56. The molecular weight excluding hydrogens is 217 g/mol. The number of rotatable bonds is 1. The number of methoxy groups -OCH3 is 1. The summed E-state index contributed by atoms with van der Waals surface area (Å²) < 4.78 is 5.64. The maximum atomic E-state index is 5.69. The fourth-order valence-electron chi connectivity index (χ4n) is 0.553. The molecule has 10 heavy (non-hydrogen) atoms. The Balaban J connectivity index is 3.09. The molecule has 2 nitrogen and oxygen atoms in total. The van der Waals surface area contributed by atoms with Crippen LogP contribution >= 0.6 is 27.5 Å². The highest BCUT2D eigenvalue weighted by atomic mass is 79.9. The van der Waals surface area contributed by atoms with Crippen molar-refractivity contribution in [2.24, 2.45) is 0 Å². The van der Waals surface area contributed by atoms with Crippen molar-refractivity contribution in [3.8, 4) is 5.75 Å². The Kier molecular flexibility index (Phi) is 2.51. The number of ether oxygens (including phenoxy) is 1. The van der Waals surface area contributed by atoms with Gasteiger partial charge in [0.05, 0.1) is 13.3 Å². The van der Waals surface area contributed by atoms with Crippen molar-refractivity contribution in [1.29, 1.82) is 0 Å². The molecule has 1 heterocycles. The molecule has 0 fully saturated rings. The van der Waals surface area contributed by atoms with Crippen LogP contribution in [-0.4, -0.2) is 12.1 Å². The Morgan fingerprint density at radius 1 is 1.70 bits per heavy atom. The summed E-state index contributed by atoms with van der Waals surface area (Å²) in [6.07, 6.45) is 1.53. The first-order chi connectivity index (χ1) is 4.74. The third-order valence-corrected chi connectivity index (χ3v) is 1.72. The van der Waals surface area contributed by atoms with Crippen molar-refractivity contribution >= 4 is 27.5 Å². The number of hydrogen-bond acceptors (Lipinski definition) is 2. The predicted molar refractivity (Wildman–Crippen MR) is 43.5 cm³/mol. The smallest absolute Gasteiger partial charge is 0.141 e. The highest BCUT2D eigenvalue weighted by Crippen LogP contribution is 2.24. The normalized spacial score (nSPS) is 9.50. The van der Waals surface area contributed by atoms with Crippen LogP contribution in [0.25, 0.3) is 0 Å². The van der Waals surface area contributed by atoms with Crippen molar-refractivity contribution in [3.63, 3.8) is 0 Å². The van der Waals surface area contributed by atoms with Crippen molar-refractivity contribution < 1.29 is 4.74 Å². The molecule has 0 aliphatic heterocycles. The molecule has 0 saturated carbocycles. The second kappa shape index (κ2) is 3.21. The van der Waals surface area contributed by atoms with E-state index >= 15 is 0 Å². The number of pyridine rings is 1. The maximum absolute atomic E-state index is 5.69. The Morgan fingerprint density at radius 2 is 2.40 bits per heavy atom. The summed E-state index contributed by atoms with van der Waals surface area (Å²) in [6.45, 7) is 0. The van der Waals surface area contributed by atoms with Crippen LogP contribution in [0.5, 0.6) is 5.75 Å². The molecule has 4 heteroatoms. The maximum Gasteiger partial charge on any atom is 0.141 e. The minimum absolute atomic E-state index is 0.519. The quantitative estimate of drug-likeness (QED) is 0.681. The van der Waals surface area contributed by atoms with Crippen LogP contribution < -0.4 is 4.74 Å². The van der Waals surface area contributed by atoms with Crippen LogP contribution in [0, 0.1) is 0 Å². The second-order valence-corrected chi connectivity index (χ2v) is 2.86. The predicted octanol–water partition coefficient (Wildman–Crippen LogP) is 2.51. The molecular formula is C6H5BrClNO. The van der Waals surface area contributed by atoms with Gasteiger partial charge in [-0.2, -0.15) is 0 Å². The molecule has 0 aromatic carbocycles. The molecule has 0 radical (unpaired) electrons. The standard InChI is InChI=1S/C6H5BrClNO/c1-10-5-2-6(7)9-3-4(5)8/h2-3H,1H3. The summed E-state index contributed by atoms with van der Waals surface area (Å²) in [4.78, 5) is 3.89. The molecule has 0 aliphatic rings. The van der Waals surface area contributed by atoms with Gasteiger partial charge in [0.2, 0.25) is 0 Å². The minimum Gasteiger partial charge on any atom is -0.495 e. The lowest BCUT2D eigenvalue weighted by Crippen LogP contribution is -1.85. The summed E-state index contributed by atoms with van der Waals surface area (Å²) in [5.41, 5.74) is 0. The zero-order valence-corrected chi connectivity index (χ0v) is 7.61. The average molecular weight is 222 g/mol. The van der Waals surface area contributed by atoms with Gasteiger partial charge in [-0.3, -0.25) is 0 Å². The van der Waals surface area contributed by atoms with Crippen LogP contribution in [0.3, 0.4) is 0 Å². The highest BCUT2D eigenvalue weighted by Gasteiger charge is 1.99. The van der Waals surface area contributed by atoms with E-state index in [4.69, 9.17) is 16.3 Å². The lowest BCUT2D eigenvalue weighted by atomic mass is 10.4. The van der Waals surface area contributed by atoms with E-state index in [0.29, 0.717) is 15.4 Å². The molecule has 0 N–H and O–H groups in total. The summed E-state index contributed by atoms with van der Waals surface area (Å²) in [5, 5.41) is 0.519. The van der Waals surface area contributed by atoms with Gasteiger partial charge in [-0.25, -0.2) is 4.98 Å². The molecule has 1 aromatic heterocycles.